The van der Waals surface area contributed by atoms with Crippen LogP contribution in [-0.4, -0.2) is 12.1 Å². The first-order valence-electron chi connectivity index (χ1n) is 2.93. The highest BCUT2D eigenvalue weighted by Gasteiger charge is 2.13. The van der Waals surface area contributed by atoms with Gasteiger partial charge in [0.15, 0.2) is 0 Å². The minimum atomic E-state index is 0.00843. The van der Waals surface area contributed by atoms with Gasteiger partial charge in [0.2, 0.25) is 12.1 Å². The largest absolute Gasteiger partial charge is 0.314 e. The van der Waals surface area contributed by atoms with E-state index in [-0.39, 0.29) is 12.1 Å². The van der Waals surface area contributed by atoms with E-state index in [1.807, 2.05) is 13.8 Å². The second-order valence-corrected chi connectivity index (χ2v) is 2.19. The summed E-state index contributed by atoms with van der Waals surface area (Å²) in [6.45, 7) is 16.9. The van der Waals surface area contributed by atoms with Crippen molar-refractivity contribution in [1.29, 1.82) is 0 Å². The first-order valence-corrected chi connectivity index (χ1v) is 2.93. The molecule has 0 aliphatic rings. The van der Waals surface area contributed by atoms with Gasteiger partial charge in [-0.15, -0.1) is 0 Å². The Kier molecular flexibility index (Phi) is 3.48. The van der Waals surface area contributed by atoms with Gasteiger partial charge in [-0.05, 0) is 0 Å². The van der Waals surface area contributed by atoms with Crippen LogP contribution in [0.2, 0.25) is 0 Å². The molecule has 2 nitrogen and oxygen atoms in total. The van der Waals surface area contributed by atoms with Crippen molar-refractivity contribution in [1.82, 2.24) is 0 Å². The zero-order valence-electron chi connectivity index (χ0n) is 5.76. The molecule has 0 aromatic heterocycles. The molecule has 0 bridgehead atoms. The Balaban J connectivity index is 3.53. The molecule has 0 aliphatic carbocycles. The Morgan fingerprint density at radius 1 is 1.11 bits per heavy atom. The maximum absolute atomic E-state index is 6.60. The molecule has 0 saturated heterocycles. The van der Waals surface area contributed by atoms with Crippen molar-refractivity contribution in [2.75, 3.05) is 0 Å². The van der Waals surface area contributed by atoms with E-state index in [9.17, 15) is 0 Å². The number of rotatable bonds is 2. The highest BCUT2D eigenvalue weighted by atomic mass is 14.7. The normalized spacial score (nSPS) is 15.1. The smallest absolute Gasteiger partial charge is 0.228 e. The van der Waals surface area contributed by atoms with Crippen molar-refractivity contribution >= 4 is 0 Å². The molecule has 48 valence electrons. The molecule has 2 atom stereocenters. The first-order chi connectivity index (χ1) is 4.20. The number of nitrogens with zero attached hydrogens (tertiary/aromatic N) is 2. The van der Waals surface area contributed by atoms with Crippen LogP contribution < -0.4 is 0 Å². The molecule has 0 aromatic rings. The lowest BCUT2D eigenvalue weighted by atomic mass is 10.1. The molecule has 0 spiro atoms. The van der Waals surface area contributed by atoms with E-state index < -0.39 is 0 Å². The Labute approximate surface area is 56.1 Å². The van der Waals surface area contributed by atoms with Gasteiger partial charge in [-0.25, -0.2) is 13.1 Å². The van der Waals surface area contributed by atoms with Gasteiger partial charge in [0.25, 0.3) is 0 Å². The summed E-state index contributed by atoms with van der Waals surface area (Å²) in [6, 6.07) is 0.0169. The minimum absolute atomic E-state index is 0.00843. The fraction of sp³-hybridized carbons (Fsp3) is 0.714. The topological polar surface area (TPSA) is 8.72 Å². The van der Waals surface area contributed by atoms with Crippen LogP contribution in [0.25, 0.3) is 9.69 Å². The molecule has 0 aliphatic heterocycles. The van der Waals surface area contributed by atoms with Crippen molar-refractivity contribution in [2.45, 2.75) is 32.4 Å². The molecule has 2 unspecified atom stereocenters. The molecule has 0 heterocycles. The summed E-state index contributed by atoms with van der Waals surface area (Å²) in [7, 11) is 0. The van der Waals surface area contributed by atoms with E-state index >= 15 is 0 Å². The van der Waals surface area contributed by atoms with Gasteiger partial charge in [0.1, 0.15) is 0 Å². The van der Waals surface area contributed by atoms with Crippen LogP contribution in [0.3, 0.4) is 0 Å². The lowest BCUT2D eigenvalue weighted by Crippen LogP contribution is -2.04. The molecule has 0 aromatic carbocycles. The quantitative estimate of drug-likeness (QED) is 0.495. The van der Waals surface area contributed by atoms with Crippen LogP contribution >= 0.6 is 0 Å². The Hall–Kier alpha value is -1.02. The molecule has 9 heavy (non-hydrogen) atoms. The van der Waals surface area contributed by atoms with Gasteiger partial charge in [-0.2, -0.15) is 0 Å². The molecule has 2 heteroatoms. The second kappa shape index (κ2) is 3.92. The van der Waals surface area contributed by atoms with Crippen LogP contribution in [0, 0.1) is 13.1 Å². The molecule has 0 radical (unpaired) electrons. The highest BCUT2D eigenvalue weighted by Crippen LogP contribution is 2.03. The van der Waals surface area contributed by atoms with Crippen LogP contribution in [-0.2, 0) is 0 Å². The first kappa shape index (κ1) is 7.98. The summed E-state index contributed by atoms with van der Waals surface area (Å²) >= 11 is 0. The van der Waals surface area contributed by atoms with Gasteiger partial charge < -0.3 is 9.69 Å². The van der Waals surface area contributed by atoms with Crippen molar-refractivity contribution in [3.63, 3.8) is 0 Å². The predicted octanol–water partition coefficient (Wildman–Crippen LogP) is 1.99. The van der Waals surface area contributed by atoms with E-state index in [0.29, 0.717) is 6.42 Å². The summed E-state index contributed by atoms with van der Waals surface area (Å²) in [5.41, 5.74) is 0. The van der Waals surface area contributed by atoms with Crippen LogP contribution in [0.1, 0.15) is 20.3 Å². The average molecular weight is 122 g/mol. The Bertz CT molecular complexity index is 131. The minimum Gasteiger partial charge on any atom is -0.314 e. The summed E-state index contributed by atoms with van der Waals surface area (Å²) in [6.07, 6.45) is 0.701. The third-order valence-electron chi connectivity index (χ3n) is 1.12. The van der Waals surface area contributed by atoms with Crippen molar-refractivity contribution < 1.29 is 0 Å². The van der Waals surface area contributed by atoms with Gasteiger partial charge in [0.05, 0.1) is 6.42 Å². The van der Waals surface area contributed by atoms with Crippen molar-refractivity contribution in [3.8, 4) is 0 Å². The molecule has 0 fully saturated rings. The fourth-order valence-corrected chi connectivity index (χ4v) is 0.599. The van der Waals surface area contributed by atoms with Gasteiger partial charge >= 0.3 is 0 Å². The molecule has 0 N–H and O–H groups in total. The lowest BCUT2D eigenvalue weighted by Gasteiger charge is -1.95. The Morgan fingerprint density at radius 3 is 1.67 bits per heavy atom. The maximum atomic E-state index is 6.60. The standard InChI is InChI=1S/C7H10N2/c1-6(8-3)5-7(2)9-4/h6-7H,5H2,1-2H3. The zero-order chi connectivity index (χ0) is 7.28. The van der Waals surface area contributed by atoms with Crippen LogP contribution in [0.15, 0.2) is 0 Å². The third kappa shape index (κ3) is 3.55. The Morgan fingerprint density at radius 2 is 1.44 bits per heavy atom. The third-order valence-corrected chi connectivity index (χ3v) is 1.12. The summed E-state index contributed by atoms with van der Waals surface area (Å²) in [4.78, 5) is 6.57. The van der Waals surface area contributed by atoms with Crippen LogP contribution in [0.5, 0.6) is 0 Å². The maximum Gasteiger partial charge on any atom is 0.228 e. The van der Waals surface area contributed by atoms with Gasteiger partial charge in [-0.3, -0.25) is 0 Å². The molecule has 0 rings (SSSR count). The van der Waals surface area contributed by atoms with E-state index in [1.54, 1.807) is 0 Å². The van der Waals surface area contributed by atoms with Gasteiger partial charge in [-0.1, -0.05) is 0 Å². The number of hydrogen-bond donors (Lipinski definition) is 0. The highest BCUT2D eigenvalue weighted by molar-refractivity contribution is 4.83. The van der Waals surface area contributed by atoms with Crippen LogP contribution in [0.4, 0.5) is 0 Å². The molecule has 0 amide bonds. The molecular formula is C7H10N2. The van der Waals surface area contributed by atoms with E-state index in [0.717, 1.165) is 0 Å². The molecule has 0 saturated carbocycles. The summed E-state index contributed by atoms with van der Waals surface area (Å²) in [5.74, 6) is 0. The van der Waals surface area contributed by atoms with Crippen molar-refractivity contribution in [2.24, 2.45) is 0 Å². The predicted molar refractivity (Wildman–Crippen MR) is 36.7 cm³/mol. The number of hydrogen-bond acceptors (Lipinski definition) is 0. The monoisotopic (exact) mass is 122 g/mol. The average Bonchev–Trinajstić information content (AvgIpc) is 1.87. The molecular weight excluding hydrogens is 112 g/mol. The van der Waals surface area contributed by atoms with Gasteiger partial charge in [0, 0.05) is 13.8 Å². The zero-order valence-corrected chi connectivity index (χ0v) is 5.76. The van der Waals surface area contributed by atoms with E-state index in [2.05, 4.69) is 9.69 Å². The lowest BCUT2D eigenvalue weighted by molar-refractivity contribution is 0.687. The van der Waals surface area contributed by atoms with E-state index in [1.165, 1.54) is 0 Å². The summed E-state index contributed by atoms with van der Waals surface area (Å²) in [5, 5.41) is 0. The SMILES string of the molecule is [C-]#[N+]C(C)CC(C)[N+]#[C-]. The van der Waals surface area contributed by atoms with E-state index in [4.69, 9.17) is 13.1 Å². The fourth-order valence-electron chi connectivity index (χ4n) is 0.599. The summed E-state index contributed by atoms with van der Waals surface area (Å²) < 4.78 is 0. The van der Waals surface area contributed by atoms with Crippen molar-refractivity contribution in [3.05, 3.63) is 22.8 Å². The second-order valence-electron chi connectivity index (χ2n) is 2.19.